The maximum Gasteiger partial charge on any atom is 0.273 e. The van der Waals surface area contributed by atoms with Crippen LogP contribution in [-0.4, -0.2) is 17.1 Å². The van der Waals surface area contributed by atoms with Crippen molar-refractivity contribution >= 4 is 46.2 Å². The van der Waals surface area contributed by atoms with E-state index in [0.717, 1.165) is 10.9 Å². The summed E-state index contributed by atoms with van der Waals surface area (Å²) in [5, 5.41) is 5.92. The summed E-state index contributed by atoms with van der Waals surface area (Å²) >= 11 is 11.9. The van der Waals surface area contributed by atoms with Crippen molar-refractivity contribution in [3.8, 4) is 0 Å². The number of carbonyl (C=O) groups excluding carboxylic acids is 1. The SMILES string of the molecule is O=C(N/N=C/c1ccc(Cl)cc1Cl)c1cccc2cc[nH]c12. The summed E-state index contributed by atoms with van der Waals surface area (Å²) in [4.78, 5) is 15.2. The Morgan fingerprint density at radius 1 is 1.18 bits per heavy atom. The highest BCUT2D eigenvalue weighted by molar-refractivity contribution is 6.36. The standard InChI is InChI=1S/C16H11Cl2N3O/c17-12-5-4-11(14(18)8-12)9-20-21-16(22)13-3-1-2-10-6-7-19-15(10)13/h1-9,19H,(H,21,22)/b20-9+. The number of fused-ring (bicyclic) bond motifs is 1. The van der Waals surface area contributed by atoms with Crippen molar-refractivity contribution in [3.63, 3.8) is 0 Å². The van der Waals surface area contributed by atoms with E-state index >= 15 is 0 Å². The second kappa shape index (κ2) is 6.22. The first kappa shape index (κ1) is 14.6. The van der Waals surface area contributed by atoms with Gasteiger partial charge in [0.25, 0.3) is 5.91 Å². The summed E-state index contributed by atoms with van der Waals surface area (Å²) in [6.45, 7) is 0. The van der Waals surface area contributed by atoms with Crippen LogP contribution in [0, 0.1) is 0 Å². The van der Waals surface area contributed by atoms with Crippen LogP contribution < -0.4 is 5.43 Å². The summed E-state index contributed by atoms with van der Waals surface area (Å²) in [6.07, 6.45) is 3.27. The van der Waals surface area contributed by atoms with Gasteiger partial charge in [0.1, 0.15) is 0 Å². The molecule has 1 amide bonds. The second-order valence-electron chi connectivity index (χ2n) is 4.61. The number of aromatic nitrogens is 1. The van der Waals surface area contributed by atoms with Crippen LogP contribution >= 0.6 is 23.2 Å². The second-order valence-corrected chi connectivity index (χ2v) is 5.46. The summed E-state index contributed by atoms with van der Waals surface area (Å²) < 4.78 is 0. The Bertz CT molecular complexity index is 871. The molecule has 3 rings (SSSR count). The molecule has 2 aromatic carbocycles. The van der Waals surface area contributed by atoms with E-state index in [2.05, 4.69) is 15.5 Å². The molecule has 0 bridgehead atoms. The summed E-state index contributed by atoms with van der Waals surface area (Å²) in [5.41, 5.74) is 4.47. The van der Waals surface area contributed by atoms with E-state index in [9.17, 15) is 4.79 Å². The third kappa shape index (κ3) is 2.98. The lowest BCUT2D eigenvalue weighted by atomic mass is 10.1. The first-order chi connectivity index (χ1) is 10.6. The lowest BCUT2D eigenvalue weighted by Crippen LogP contribution is -2.18. The van der Waals surface area contributed by atoms with Crippen molar-refractivity contribution < 1.29 is 4.79 Å². The normalized spacial score (nSPS) is 11.2. The van der Waals surface area contributed by atoms with E-state index < -0.39 is 0 Å². The van der Waals surface area contributed by atoms with Crippen molar-refractivity contribution in [2.45, 2.75) is 0 Å². The quantitative estimate of drug-likeness (QED) is 0.547. The Kier molecular flexibility index (Phi) is 4.13. The maximum absolute atomic E-state index is 12.2. The molecule has 1 aromatic heterocycles. The number of nitrogens with one attached hydrogen (secondary N) is 2. The van der Waals surface area contributed by atoms with Crippen LogP contribution in [0.4, 0.5) is 0 Å². The molecular weight excluding hydrogens is 321 g/mol. The summed E-state index contributed by atoms with van der Waals surface area (Å²) in [7, 11) is 0. The van der Waals surface area contributed by atoms with Gasteiger partial charge < -0.3 is 4.98 Å². The molecule has 0 aliphatic carbocycles. The minimum Gasteiger partial charge on any atom is -0.361 e. The first-order valence-electron chi connectivity index (χ1n) is 6.50. The van der Waals surface area contributed by atoms with E-state index in [1.54, 1.807) is 30.5 Å². The van der Waals surface area contributed by atoms with Crippen molar-refractivity contribution in [3.05, 3.63) is 69.8 Å². The number of H-pyrrole nitrogens is 1. The molecule has 6 heteroatoms. The average Bonchev–Trinajstić information content (AvgIpc) is 2.97. The number of rotatable bonds is 3. The van der Waals surface area contributed by atoms with Gasteiger partial charge in [0.15, 0.2) is 0 Å². The van der Waals surface area contributed by atoms with Crippen molar-refractivity contribution in [1.82, 2.24) is 10.4 Å². The van der Waals surface area contributed by atoms with Crippen LogP contribution in [0.25, 0.3) is 10.9 Å². The largest absolute Gasteiger partial charge is 0.361 e. The molecule has 2 N–H and O–H groups in total. The van der Waals surface area contributed by atoms with E-state index in [1.807, 2.05) is 18.2 Å². The van der Waals surface area contributed by atoms with Crippen LogP contribution in [0.5, 0.6) is 0 Å². The van der Waals surface area contributed by atoms with E-state index in [0.29, 0.717) is 21.2 Å². The minimum atomic E-state index is -0.297. The number of para-hydroxylation sites is 1. The van der Waals surface area contributed by atoms with Crippen LogP contribution in [0.2, 0.25) is 10.0 Å². The molecule has 22 heavy (non-hydrogen) atoms. The molecule has 0 saturated carbocycles. The Hall–Kier alpha value is -2.30. The number of halogens is 2. The third-order valence-corrected chi connectivity index (χ3v) is 3.73. The van der Waals surface area contributed by atoms with E-state index in [-0.39, 0.29) is 5.91 Å². The lowest BCUT2D eigenvalue weighted by Gasteiger charge is -2.02. The highest BCUT2D eigenvalue weighted by Gasteiger charge is 2.09. The predicted molar refractivity (Wildman–Crippen MR) is 89.8 cm³/mol. The molecule has 0 atom stereocenters. The Balaban J connectivity index is 1.77. The molecule has 0 aliphatic heterocycles. The average molecular weight is 332 g/mol. The summed E-state index contributed by atoms with van der Waals surface area (Å²) in [5.74, 6) is -0.297. The fourth-order valence-corrected chi connectivity index (χ4v) is 2.56. The Morgan fingerprint density at radius 2 is 2.05 bits per heavy atom. The van der Waals surface area contributed by atoms with E-state index in [4.69, 9.17) is 23.2 Å². The highest BCUT2D eigenvalue weighted by Crippen LogP contribution is 2.19. The van der Waals surface area contributed by atoms with Gasteiger partial charge in [-0.1, -0.05) is 41.4 Å². The fraction of sp³-hybridized carbons (Fsp3) is 0. The zero-order valence-electron chi connectivity index (χ0n) is 11.3. The molecule has 0 aliphatic rings. The van der Waals surface area contributed by atoms with Crippen molar-refractivity contribution in [2.75, 3.05) is 0 Å². The van der Waals surface area contributed by atoms with Crippen LogP contribution in [0.15, 0.2) is 53.8 Å². The van der Waals surface area contributed by atoms with Crippen molar-refractivity contribution in [2.24, 2.45) is 5.10 Å². The lowest BCUT2D eigenvalue weighted by molar-refractivity contribution is 0.0956. The van der Waals surface area contributed by atoms with Gasteiger partial charge in [0, 0.05) is 22.2 Å². The highest BCUT2D eigenvalue weighted by atomic mass is 35.5. The van der Waals surface area contributed by atoms with Crippen LogP contribution in [0.1, 0.15) is 15.9 Å². The Morgan fingerprint density at radius 3 is 2.86 bits per heavy atom. The van der Waals surface area contributed by atoms with E-state index in [1.165, 1.54) is 6.21 Å². The monoisotopic (exact) mass is 331 g/mol. The number of hydrazone groups is 1. The molecule has 0 saturated heterocycles. The molecule has 0 radical (unpaired) electrons. The third-order valence-electron chi connectivity index (χ3n) is 3.16. The van der Waals surface area contributed by atoms with Gasteiger partial charge in [-0.3, -0.25) is 4.79 Å². The number of hydrogen-bond donors (Lipinski definition) is 2. The van der Waals surface area contributed by atoms with Crippen LogP contribution in [-0.2, 0) is 0 Å². The molecule has 3 aromatic rings. The first-order valence-corrected chi connectivity index (χ1v) is 7.25. The van der Waals surface area contributed by atoms with Gasteiger partial charge >= 0.3 is 0 Å². The molecule has 0 unspecified atom stereocenters. The number of aromatic amines is 1. The van der Waals surface area contributed by atoms with Gasteiger partial charge in [0.05, 0.1) is 22.3 Å². The number of nitrogens with zero attached hydrogens (tertiary/aromatic N) is 1. The smallest absolute Gasteiger partial charge is 0.273 e. The topological polar surface area (TPSA) is 57.2 Å². The molecule has 110 valence electrons. The molecule has 0 fully saturated rings. The van der Waals surface area contributed by atoms with Crippen molar-refractivity contribution in [1.29, 1.82) is 0 Å². The van der Waals surface area contributed by atoms with Gasteiger partial charge in [-0.25, -0.2) is 5.43 Å². The van der Waals surface area contributed by atoms with Gasteiger partial charge in [-0.2, -0.15) is 5.10 Å². The zero-order valence-corrected chi connectivity index (χ0v) is 12.8. The number of amides is 1. The molecule has 1 heterocycles. The minimum absolute atomic E-state index is 0.297. The van der Waals surface area contributed by atoms with Gasteiger partial charge in [-0.15, -0.1) is 0 Å². The number of benzene rings is 2. The maximum atomic E-state index is 12.2. The Labute approximate surface area is 136 Å². The number of carbonyl (C=O) groups is 1. The fourth-order valence-electron chi connectivity index (χ4n) is 2.10. The molecule has 4 nitrogen and oxygen atoms in total. The number of hydrogen-bond acceptors (Lipinski definition) is 2. The molecular formula is C16H11Cl2N3O. The predicted octanol–water partition coefficient (Wildman–Crippen LogP) is 4.24. The molecule has 0 spiro atoms. The zero-order chi connectivity index (χ0) is 15.5. The van der Waals surface area contributed by atoms with Gasteiger partial charge in [-0.05, 0) is 24.3 Å². The van der Waals surface area contributed by atoms with Crippen LogP contribution in [0.3, 0.4) is 0 Å². The summed E-state index contributed by atoms with van der Waals surface area (Å²) in [6, 6.07) is 12.4. The van der Waals surface area contributed by atoms with Gasteiger partial charge in [0.2, 0.25) is 0 Å².